The van der Waals surface area contributed by atoms with Gasteiger partial charge in [-0.15, -0.1) is 0 Å². The minimum atomic E-state index is -0.994. The Morgan fingerprint density at radius 2 is 1.97 bits per heavy atom. The molecule has 0 aliphatic rings. The summed E-state index contributed by atoms with van der Waals surface area (Å²) in [5, 5.41) is 14.1. The number of hydrogen-bond donors (Lipinski definition) is 1. The molecule has 0 aliphatic heterocycles. The van der Waals surface area contributed by atoms with Crippen LogP contribution in [0.1, 0.15) is 27.3 Å². The van der Waals surface area contributed by atoms with Crippen molar-refractivity contribution < 1.29 is 14.6 Å². The van der Waals surface area contributed by atoms with Gasteiger partial charge in [0, 0.05) is 35.9 Å². The summed E-state index contributed by atoms with van der Waals surface area (Å²) in [4.78, 5) is 30.8. The second-order valence-electron chi connectivity index (χ2n) is 8.09. The number of halogens is 1. The number of aromatic carboxylic acids is 1. The van der Waals surface area contributed by atoms with E-state index >= 15 is 0 Å². The van der Waals surface area contributed by atoms with Crippen LogP contribution in [0, 0.1) is 6.92 Å². The molecular formula is C26H23BrN4O4. The molecule has 4 aromatic rings. The maximum atomic E-state index is 13.1. The zero-order valence-electron chi connectivity index (χ0n) is 19.4. The highest BCUT2D eigenvalue weighted by atomic mass is 79.9. The van der Waals surface area contributed by atoms with Gasteiger partial charge in [-0.3, -0.25) is 4.79 Å². The average molecular weight is 535 g/mol. The lowest BCUT2D eigenvalue weighted by atomic mass is 10.1. The Balaban J connectivity index is 1.69. The fraction of sp³-hybridized carbons (Fsp3) is 0.154. The molecule has 1 N–H and O–H groups in total. The Labute approximate surface area is 210 Å². The van der Waals surface area contributed by atoms with Crippen LogP contribution < -0.4 is 15.2 Å². The number of fused-ring (bicyclic) bond motifs is 1. The Bertz CT molecular complexity index is 1510. The van der Waals surface area contributed by atoms with Crippen LogP contribution >= 0.6 is 15.9 Å². The first kappa shape index (κ1) is 24.2. The third-order valence-electron chi connectivity index (χ3n) is 5.36. The number of carboxylic acids is 1. The number of rotatable bonds is 7. The summed E-state index contributed by atoms with van der Waals surface area (Å²) in [6.45, 7) is 1.89. The van der Waals surface area contributed by atoms with E-state index in [1.165, 1.54) is 10.7 Å². The van der Waals surface area contributed by atoms with Crippen LogP contribution in [0.5, 0.6) is 5.75 Å². The molecule has 0 saturated carbocycles. The molecule has 3 aromatic carbocycles. The lowest BCUT2D eigenvalue weighted by Gasteiger charge is -2.16. The molecule has 0 bridgehead atoms. The molecule has 0 atom stereocenters. The number of carboxylic acid groups (broad SMARTS) is 1. The van der Waals surface area contributed by atoms with Gasteiger partial charge in [0.1, 0.15) is 18.2 Å². The van der Waals surface area contributed by atoms with Gasteiger partial charge in [0.2, 0.25) is 0 Å². The molecule has 0 spiro atoms. The van der Waals surface area contributed by atoms with Crippen LogP contribution in [0.2, 0.25) is 0 Å². The van der Waals surface area contributed by atoms with E-state index in [0.29, 0.717) is 28.0 Å². The van der Waals surface area contributed by atoms with Gasteiger partial charge >= 0.3 is 5.97 Å². The van der Waals surface area contributed by atoms with Gasteiger partial charge in [0.25, 0.3) is 5.56 Å². The third kappa shape index (κ3) is 5.41. The summed E-state index contributed by atoms with van der Waals surface area (Å²) in [5.74, 6) is 0.00734. The SMILES string of the molecule is Cc1nc2ccc(Br)cc2c(=O)n1N=Cc1ccc(N(C)C)cc1OCc1cccc(C(=O)O)c1. The summed E-state index contributed by atoms with van der Waals surface area (Å²) in [6.07, 6.45) is 1.56. The smallest absolute Gasteiger partial charge is 0.335 e. The van der Waals surface area contributed by atoms with E-state index in [1.807, 2.05) is 43.3 Å². The Morgan fingerprint density at radius 3 is 2.71 bits per heavy atom. The minimum Gasteiger partial charge on any atom is -0.488 e. The van der Waals surface area contributed by atoms with E-state index in [0.717, 1.165) is 15.7 Å². The zero-order valence-corrected chi connectivity index (χ0v) is 21.0. The third-order valence-corrected chi connectivity index (χ3v) is 5.86. The van der Waals surface area contributed by atoms with Crippen LogP contribution in [0.25, 0.3) is 10.9 Å². The zero-order chi connectivity index (χ0) is 25.1. The predicted molar refractivity (Wildman–Crippen MR) is 140 cm³/mol. The van der Waals surface area contributed by atoms with Crippen LogP contribution in [0.4, 0.5) is 5.69 Å². The van der Waals surface area contributed by atoms with Crippen molar-refractivity contribution in [2.75, 3.05) is 19.0 Å². The Kier molecular flexibility index (Phi) is 6.97. The second-order valence-corrected chi connectivity index (χ2v) is 9.01. The van der Waals surface area contributed by atoms with Crippen LogP contribution in [0.15, 0.2) is 75.0 Å². The fourth-order valence-electron chi connectivity index (χ4n) is 3.50. The standard InChI is InChI=1S/C26H23BrN4O4/c1-16-29-23-10-8-20(27)12-22(23)25(32)31(16)28-14-19-7-9-21(30(2)3)13-24(19)35-15-17-5-4-6-18(11-17)26(33)34/h4-14H,15H2,1-3H3,(H,33,34). The number of benzene rings is 3. The van der Waals surface area contributed by atoms with Crippen molar-refractivity contribution in [2.24, 2.45) is 5.10 Å². The topological polar surface area (TPSA) is 97.0 Å². The Hall–Kier alpha value is -3.98. The number of anilines is 1. The summed E-state index contributed by atoms with van der Waals surface area (Å²) < 4.78 is 8.10. The minimum absolute atomic E-state index is 0.170. The molecule has 0 saturated heterocycles. The van der Waals surface area contributed by atoms with E-state index in [2.05, 4.69) is 26.0 Å². The lowest BCUT2D eigenvalue weighted by Crippen LogP contribution is -2.20. The largest absolute Gasteiger partial charge is 0.488 e. The molecular weight excluding hydrogens is 512 g/mol. The number of hydrogen-bond acceptors (Lipinski definition) is 6. The molecule has 1 heterocycles. The molecule has 0 fully saturated rings. The number of carbonyl (C=O) groups is 1. The molecule has 1 aromatic heterocycles. The first-order chi connectivity index (χ1) is 16.7. The molecule has 9 heteroatoms. The highest BCUT2D eigenvalue weighted by Crippen LogP contribution is 2.25. The molecule has 35 heavy (non-hydrogen) atoms. The van der Waals surface area contributed by atoms with Crippen LogP contribution in [-0.4, -0.2) is 41.0 Å². The van der Waals surface area contributed by atoms with Crippen molar-refractivity contribution in [3.8, 4) is 5.75 Å². The normalized spacial score (nSPS) is 11.2. The van der Waals surface area contributed by atoms with Gasteiger partial charge in [-0.05, 0) is 55.0 Å². The summed E-state index contributed by atoms with van der Waals surface area (Å²) in [7, 11) is 3.84. The maximum absolute atomic E-state index is 13.1. The van der Waals surface area contributed by atoms with Crippen molar-refractivity contribution in [1.82, 2.24) is 9.66 Å². The molecule has 0 aliphatic carbocycles. The van der Waals surface area contributed by atoms with E-state index in [4.69, 9.17) is 4.74 Å². The van der Waals surface area contributed by atoms with Gasteiger partial charge in [-0.1, -0.05) is 28.1 Å². The van der Waals surface area contributed by atoms with Crippen LogP contribution in [0.3, 0.4) is 0 Å². The van der Waals surface area contributed by atoms with Crippen LogP contribution in [-0.2, 0) is 6.61 Å². The highest BCUT2D eigenvalue weighted by Gasteiger charge is 2.10. The quantitative estimate of drug-likeness (QED) is 0.345. The van der Waals surface area contributed by atoms with Crippen molar-refractivity contribution in [1.29, 1.82) is 0 Å². The van der Waals surface area contributed by atoms with Gasteiger partial charge in [-0.2, -0.15) is 9.78 Å². The highest BCUT2D eigenvalue weighted by molar-refractivity contribution is 9.10. The molecule has 178 valence electrons. The number of nitrogens with zero attached hydrogens (tertiary/aromatic N) is 4. The molecule has 4 rings (SSSR count). The molecule has 0 radical (unpaired) electrons. The van der Waals surface area contributed by atoms with Gasteiger partial charge in [0.15, 0.2) is 0 Å². The first-order valence-corrected chi connectivity index (χ1v) is 11.5. The van der Waals surface area contributed by atoms with Gasteiger partial charge < -0.3 is 14.7 Å². The van der Waals surface area contributed by atoms with Crippen molar-refractivity contribution >= 4 is 44.7 Å². The lowest BCUT2D eigenvalue weighted by molar-refractivity contribution is 0.0696. The van der Waals surface area contributed by atoms with E-state index in [1.54, 1.807) is 43.5 Å². The van der Waals surface area contributed by atoms with E-state index in [9.17, 15) is 14.7 Å². The first-order valence-electron chi connectivity index (χ1n) is 10.7. The summed E-state index contributed by atoms with van der Waals surface area (Å²) >= 11 is 3.39. The summed E-state index contributed by atoms with van der Waals surface area (Å²) in [6, 6.07) is 17.6. The van der Waals surface area contributed by atoms with E-state index < -0.39 is 5.97 Å². The fourth-order valence-corrected chi connectivity index (χ4v) is 3.86. The number of ether oxygens (including phenoxy) is 1. The second kappa shape index (κ2) is 10.1. The monoisotopic (exact) mass is 534 g/mol. The maximum Gasteiger partial charge on any atom is 0.335 e. The van der Waals surface area contributed by atoms with Gasteiger partial charge in [0.05, 0.1) is 22.7 Å². The molecule has 0 unspecified atom stereocenters. The van der Waals surface area contributed by atoms with Crippen molar-refractivity contribution in [3.63, 3.8) is 0 Å². The Morgan fingerprint density at radius 1 is 1.17 bits per heavy atom. The number of aryl methyl sites for hydroxylation is 1. The summed E-state index contributed by atoms with van der Waals surface area (Å²) in [5.41, 5.74) is 2.82. The predicted octanol–water partition coefficient (Wildman–Crippen LogP) is 4.69. The van der Waals surface area contributed by atoms with E-state index in [-0.39, 0.29) is 17.7 Å². The molecule has 0 amide bonds. The molecule has 8 nitrogen and oxygen atoms in total. The van der Waals surface area contributed by atoms with Crippen molar-refractivity contribution in [3.05, 3.63) is 98.0 Å². The number of aromatic nitrogens is 2. The average Bonchev–Trinajstić information content (AvgIpc) is 2.83. The van der Waals surface area contributed by atoms with Gasteiger partial charge in [-0.25, -0.2) is 9.78 Å². The van der Waals surface area contributed by atoms with Crippen molar-refractivity contribution in [2.45, 2.75) is 13.5 Å².